The van der Waals surface area contributed by atoms with Crippen LogP contribution in [0.15, 0.2) is 89.5 Å². The predicted octanol–water partition coefficient (Wildman–Crippen LogP) is 5.37. The van der Waals surface area contributed by atoms with Crippen LogP contribution in [0.5, 0.6) is 0 Å². The van der Waals surface area contributed by atoms with E-state index in [0.29, 0.717) is 22.8 Å². The molecule has 2 amide bonds. The zero-order valence-corrected chi connectivity index (χ0v) is 19.2. The van der Waals surface area contributed by atoms with Crippen molar-refractivity contribution in [1.29, 1.82) is 5.26 Å². The third kappa shape index (κ3) is 5.00. The van der Waals surface area contributed by atoms with Gasteiger partial charge in [0, 0.05) is 11.4 Å². The number of carbonyl (C=O) groups excluding carboxylic acids is 2. The molecule has 1 fully saturated rings. The minimum atomic E-state index is -0.535. The Morgan fingerprint density at radius 1 is 1.00 bits per heavy atom. The Balaban J connectivity index is 1.73. The average molecular weight is 454 g/mol. The normalized spacial score (nSPS) is 16.9. The highest BCUT2D eigenvalue weighted by molar-refractivity contribution is 8.05. The maximum Gasteiger partial charge on any atom is 0.269 e. The quantitative estimate of drug-likeness (QED) is 0.416. The second kappa shape index (κ2) is 9.76. The van der Waals surface area contributed by atoms with Gasteiger partial charge in [-0.25, -0.2) is 0 Å². The SMILES string of the molecule is Cc1ccc(N2C(=O)[C@@H](Cc3cccc(C)c3)S/C2=C(/C#N)C(=O)Nc2ccccc2)cc1. The van der Waals surface area contributed by atoms with Crippen molar-refractivity contribution in [3.05, 3.63) is 106 Å². The molecule has 1 aliphatic heterocycles. The lowest BCUT2D eigenvalue weighted by Gasteiger charge is -2.19. The van der Waals surface area contributed by atoms with Gasteiger partial charge in [0.05, 0.1) is 5.25 Å². The lowest BCUT2D eigenvalue weighted by molar-refractivity contribution is -0.117. The Morgan fingerprint density at radius 2 is 1.73 bits per heavy atom. The van der Waals surface area contributed by atoms with Crippen molar-refractivity contribution in [2.75, 3.05) is 10.2 Å². The molecule has 33 heavy (non-hydrogen) atoms. The smallest absolute Gasteiger partial charge is 0.269 e. The van der Waals surface area contributed by atoms with Crippen molar-refractivity contribution in [3.63, 3.8) is 0 Å². The van der Waals surface area contributed by atoms with E-state index in [2.05, 4.69) is 11.4 Å². The standard InChI is InChI=1S/C27H23N3O2S/c1-18-11-13-22(14-12-18)30-26(32)24(16-20-8-6-7-19(2)15-20)33-27(30)23(17-28)25(31)29-21-9-4-3-5-10-21/h3-15,24H,16H2,1-2H3,(H,29,31)/b27-23-/t24-/m1/s1. The molecule has 6 heteroatoms. The summed E-state index contributed by atoms with van der Waals surface area (Å²) in [4.78, 5) is 28.1. The Bertz CT molecular complexity index is 1260. The third-order valence-electron chi connectivity index (χ3n) is 5.33. The van der Waals surface area contributed by atoms with Gasteiger partial charge >= 0.3 is 0 Å². The first kappa shape index (κ1) is 22.4. The van der Waals surface area contributed by atoms with Gasteiger partial charge in [-0.3, -0.25) is 14.5 Å². The number of hydrogen-bond acceptors (Lipinski definition) is 4. The number of anilines is 2. The molecule has 0 spiro atoms. The van der Waals surface area contributed by atoms with Gasteiger partial charge in [-0.05, 0) is 50.1 Å². The van der Waals surface area contributed by atoms with Gasteiger partial charge in [-0.2, -0.15) is 5.26 Å². The summed E-state index contributed by atoms with van der Waals surface area (Å²) >= 11 is 1.27. The molecule has 5 nitrogen and oxygen atoms in total. The number of benzene rings is 3. The van der Waals surface area contributed by atoms with E-state index in [1.165, 1.54) is 16.7 Å². The van der Waals surface area contributed by atoms with Gasteiger partial charge in [-0.15, -0.1) is 0 Å². The average Bonchev–Trinajstić information content (AvgIpc) is 3.11. The molecule has 0 radical (unpaired) electrons. The van der Waals surface area contributed by atoms with Gasteiger partial charge in [-0.1, -0.05) is 77.5 Å². The lowest BCUT2D eigenvalue weighted by Crippen LogP contribution is -2.30. The fourth-order valence-electron chi connectivity index (χ4n) is 3.68. The zero-order valence-electron chi connectivity index (χ0n) is 18.4. The highest BCUT2D eigenvalue weighted by Gasteiger charge is 2.40. The summed E-state index contributed by atoms with van der Waals surface area (Å²) in [5.74, 6) is -0.673. The van der Waals surface area contributed by atoms with Crippen LogP contribution >= 0.6 is 11.8 Å². The number of nitrogens with zero attached hydrogens (tertiary/aromatic N) is 2. The molecular formula is C27H23N3O2S. The van der Waals surface area contributed by atoms with Crippen LogP contribution in [0.4, 0.5) is 11.4 Å². The monoisotopic (exact) mass is 453 g/mol. The van der Waals surface area contributed by atoms with Crippen molar-refractivity contribution < 1.29 is 9.59 Å². The van der Waals surface area contributed by atoms with E-state index in [9.17, 15) is 14.9 Å². The summed E-state index contributed by atoms with van der Waals surface area (Å²) in [5.41, 5.74) is 4.36. The van der Waals surface area contributed by atoms with Gasteiger partial charge in [0.1, 0.15) is 16.7 Å². The van der Waals surface area contributed by atoms with Gasteiger partial charge in [0.25, 0.3) is 5.91 Å². The molecule has 1 atom stereocenters. The van der Waals surface area contributed by atoms with Crippen LogP contribution in [0.1, 0.15) is 16.7 Å². The summed E-state index contributed by atoms with van der Waals surface area (Å²) in [6.45, 7) is 3.98. The van der Waals surface area contributed by atoms with Crippen LogP contribution < -0.4 is 10.2 Å². The molecule has 3 aromatic carbocycles. The van der Waals surface area contributed by atoms with E-state index >= 15 is 0 Å². The number of aryl methyl sites for hydroxylation is 2. The first-order chi connectivity index (χ1) is 16.0. The van der Waals surface area contributed by atoms with Crippen molar-refractivity contribution in [2.24, 2.45) is 0 Å². The van der Waals surface area contributed by atoms with Crippen molar-refractivity contribution in [1.82, 2.24) is 0 Å². The molecule has 1 aliphatic rings. The molecule has 0 aliphatic carbocycles. The molecule has 1 heterocycles. The van der Waals surface area contributed by atoms with Crippen LogP contribution in [-0.4, -0.2) is 17.1 Å². The predicted molar refractivity (Wildman–Crippen MR) is 133 cm³/mol. The van der Waals surface area contributed by atoms with Crippen molar-refractivity contribution in [3.8, 4) is 6.07 Å². The minimum Gasteiger partial charge on any atom is -0.321 e. The molecule has 0 unspecified atom stereocenters. The maximum absolute atomic E-state index is 13.5. The number of amides is 2. The Hall–Kier alpha value is -3.82. The first-order valence-electron chi connectivity index (χ1n) is 10.6. The van der Waals surface area contributed by atoms with Crippen LogP contribution in [0.25, 0.3) is 0 Å². The Labute approximate surface area is 197 Å². The molecule has 164 valence electrons. The highest BCUT2D eigenvalue weighted by Crippen LogP contribution is 2.42. The number of nitriles is 1. The molecule has 0 aromatic heterocycles. The lowest BCUT2D eigenvalue weighted by atomic mass is 10.1. The zero-order chi connectivity index (χ0) is 23.4. The topological polar surface area (TPSA) is 73.2 Å². The molecular weight excluding hydrogens is 430 g/mol. The number of para-hydroxylation sites is 1. The molecule has 0 saturated carbocycles. The number of hydrogen-bond donors (Lipinski definition) is 1. The van der Waals surface area contributed by atoms with Gasteiger partial charge < -0.3 is 5.32 Å². The summed E-state index contributed by atoms with van der Waals surface area (Å²) in [6.07, 6.45) is 0.510. The fourth-order valence-corrected chi connectivity index (χ4v) is 4.99. The van der Waals surface area contributed by atoms with Crippen LogP contribution in [0.2, 0.25) is 0 Å². The van der Waals surface area contributed by atoms with E-state index in [1.54, 1.807) is 24.3 Å². The molecule has 4 rings (SSSR count). The van der Waals surface area contributed by atoms with E-state index in [-0.39, 0.29) is 11.5 Å². The van der Waals surface area contributed by atoms with E-state index in [4.69, 9.17) is 0 Å². The number of nitrogens with one attached hydrogen (secondary N) is 1. The van der Waals surface area contributed by atoms with Gasteiger partial charge in [0.2, 0.25) is 5.91 Å². The number of thioether (sulfide) groups is 1. The fraction of sp³-hybridized carbons (Fsp3) is 0.148. The van der Waals surface area contributed by atoms with E-state index < -0.39 is 11.2 Å². The molecule has 1 saturated heterocycles. The van der Waals surface area contributed by atoms with Crippen molar-refractivity contribution >= 4 is 35.0 Å². The Morgan fingerprint density at radius 3 is 2.39 bits per heavy atom. The van der Waals surface area contributed by atoms with Crippen LogP contribution in [0.3, 0.4) is 0 Å². The number of rotatable bonds is 5. The second-order valence-electron chi connectivity index (χ2n) is 7.92. The molecule has 0 bridgehead atoms. The molecule has 3 aromatic rings. The molecule has 1 N–H and O–H groups in total. The van der Waals surface area contributed by atoms with Crippen molar-refractivity contribution in [2.45, 2.75) is 25.5 Å². The summed E-state index contributed by atoms with van der Waals surface area (Å²) in [7, 11) is 0. The van der Waals surface area contributed by atoms with Crippen LogP contribution in [-0.2, 0) is 16.0 Å². The van der Waals surface area contributed by atoms with Gasteiger partial charge in [0.15, 0.2) is 0 Å². The van der Waals surface area contributed by atoms with Crippen LogP contribution in [0, 0.1) is 25.2 Å². The summed E-state index contributed by atoms with van der Waals surface area (Å²) in [5, 5.41) is 12.6. The summed E-state index contributed by atoms with van der Waals surface area (Å²) < 4.78 is 0. The Kier molecular flexibility index (Phi) is 6.62. The maximum atomic E-state index is 13.5. The largest absolute Gasteiger partial charge is 0.321 e. The first-order valence-corrected chi connectivity index (χ1v) is 11.5. The second-order valence-corrected chi connectivity index (χ2v) is 9.11. The van der Waals surface area contributed by atoms with E-state index in [0.717, 1.165) is 16.7 Å². The minimum absolute atomic E-state index is 0.0791. The highest BCUT2D eigenvalue weighted by atomic mass is 32.2. The number of carbonyl (C=O) groups is 2. The van der Waals surface area contributed by atoms with E-state index in [1.807, 2.05) is 68.4 Å². The third-order valence-corrected chi connectivity index (χ3v) is 6.60. The summed E-state index contributed by atoms with van der Waals surface area (Å²) in [6, 6.07) is 26.5.